The molecule has 1 unspecified atom stereocenters. The van der Waals surface area contributed by atoms with Gasteiger partial charge in [0.15, 0.2) is 0 Å². The van der Waals surface area contributed by atoms with Crippen LogP contribution in [0.1, 0.15) is 25.7 Å². The fourth-order valence-electron chi connectivity index (χ4n) is 2.39. The lowest BCUT2D eigenvalue weighted by molar-refractivity contribution is 0.00126. The molecule has 2 rings (SSSR count). The Morgan fingerprint density at radius 3 is 2.68 bits per heavy atom. The number of hydrogen-bond acceptors (Lipinski definition) is 4. The molecule has 0 aromatic heterocycles. The highest BCUT2D eigenvalue weighted by Crippen LogP contribution is 2.24. The number of aliphatic hydroxyl groups excluding tert-OH is 1. The molecular weight excluding hydrogens is 242 g/mol. The molecule has 0 bridgehead atoms. The largest absolute Gasteiger partial charge is 0.489 e. The standard InChI is InChI=1S/C15H23NO3/c16-14-7-3-4-8-15(14)19-11-13(17)10-18-9-12-5-1-2-6-12/h3-4,7-8,12-13,17H,1-2,5-6,9-11,16H2. The fraction of sp³-hybridized carbons (Fsp3) is 0.600. The summed E-state index contributed by atoms with van der Waals surface area (Å²) in [4.78, 5) is 0. The van der Waals surface area contributed by atoms with Gasteiger partial charge in [-0.1, -0.05) is 25.0 Å². The molecule has 19 heavy (non-hydrogen) atoms. The number of para-hydroxylation sites is 2. The third-order valence-electron chi connectivity index (χ3n) is 3.49. The Morgan fingerprint density at radius 2 is 1.95 bits per heavy atom. The first-order valence-corrected chi connectivity index (χ1v) is 6.99. The SMILES string of the molecule is Nc1ccccc1OCC(O)COCC1CCCC1. The van der Waals surface area contributed by atoms with Crippen LogP contribution in [0.4, 0.5) is 5.69 Å². The number of rotatable bonds is 7. The van der Waals surface area contributed by atoms with Crippen molar-refractivity contribution in [1.29, 1.82) is 0 Å². The number of benzene rings is 1. The molecule has 4 nitrogen and oxygen atoms in total. The molecule has 0 spiro atoms. The van der Waals surface area contributed by atoms with Gasteiger partial charge in [0.05, 0.1) is 12.3 Å². The van der Waals surface area contributed by atoms with Crippen molar-refractivity contribution in [1.82, 2.24) is 0 Å². The number of nitrogen functional groups attached to an aromatic ring is 1. The van der Waals surface area contributed by atoms with Crippen LogP contribution in [0.3, 0.4) is 0 Å². The summed E-state index contributed by atoms with van der Waals surface area (Å²) in [6.45, 7) is 1.28. The summed E-state index contributed by atoms with van der Waals surface area (Å²) in [5.74, 6) is 1.29. The predicted octanol–water partition coefficient (Wildman–Crippen LogP) is 2.22. The molecule has 1 aromatic rings. The van der Waals surface area contributed by atoms with Crippen molar-refractivity contribution in [2.24, 2.45) is 5.92 Å². The minimum atomic E-state index is -0.610. The van der Waals surface area contributed by atoms with Crippen LogP contribution in [0.25, 0.3) is 0 Å². The van der Waals surface area contributed by atoms with Crippen LogP contribution in [-0.2, 0) is 4.74 Å². The number of ether oxygens (including phenoxy) is 2. The molecule has 0 saturated heterocycles. The highest BCUT2D eigenvalue weighted by Gasteiger charge is 2.15. The van der Waals surface area contributed by atoms with E-state index in [2.05, 4.69) is 0 Å². The van der Waals surface area contributed by atoms with E-state index >= 15 is 0 Å². The maximum Gasteiger partial charge on any atom is 0.142 e. The van der Waals surface area contributed by atoms with E-state index in [0.29, 0.717) is 24.0 Å². The van der Waals surface area contributed by atoms with Gasteiger partial charge in [0, 0.05) is 6.61 Å². The maximum absolute atomic E-state index is 9.78. The van der Waals surface area contributed by atoms with Gasteiger partial charge in [-0.15, -0.1) is 0 Å². The second kappa shape index (κ2) is 7.36. The van der Waals surface area contributed by atoms with Crippen molar-refractivity contribution in [3.8, 4) is 5.75 Å². The van der Waals surface area contributed by atoms with E-state index in [4.69, 9.17) is 15.2 Å². The number of nitrogens with two attached hydrogens (primary N) is 1. The third-order valence-corrected chi connectivity index (χ3v) is 3.49. The van der Waals surface area contributed by atoms with E-state index in [1.54, 1.807) is 12.1 Å². The topological polar surface area (TPSA) is 64.7 Å². The summed E-state index contributed by atoms with van der Waals surface area (Å²) in [5, 5.41) is 9.78. The van der Waals surface area contributed by atoms with Crippen molar-refractivity contribution < 1.29 is 14.6 Å². The minimum Gasteiger partial charge on any atom is -0.489 e. The monoisotopic (exact) mass is 265 g/mol. The first-order valence-electron chi connectivity index (χ1n) is 6.99. The van der Waals surface area contributed by atoms with Crippen LogP contribution in [0, 0.1) is 5.92 Å². The quantitative estimate of drug-likeness (QED) is 0.742. The Morgan fingerprint density at radius 1 is 1.21 bits per heavy atom. The Bertz CT molecular complexity index is 377. The van der Waals surface area contributed by atoms with Crippen molar-refractivity contribution >= 4 is 5.69 Å². The predicted molar refractivity (Wildman–Crippen MR) is 75.1 cm³/mol. The lowest BCUT2D eigenvalue weighted by Crippen LogP contribution is -2.24. The molecule has 1 saturated carbocycles. The molecule has 0 heterocycles. The molecule has 1 aliphatic rings. The Balaban J connectivity index is 1.61. The lowest BCUT2D eigenvalue weighted by atomic mass is 10.1. The van der Waals surface area contributed by atoms with E-state index in [0.717, 1.165) is 6.61 Å². The van der Waals surface area contributed by atoms with Crippen LogP contribution < -0.4 is 10.5 Å². The number of anilines is 1. The lowest BCUT2D eigenvalue weighted by Gasteiger charge is -2.15. The summed E-state index contributed by atoms with van der Waals surface area (Å²) in [6, 6.07) is 7.28. The van der Waals surface area contributed by atoms with E-state index in [9.17, 15) is 5.11 Å². The molecule has 0 aliphatic heterocycles. The minimum absolute atomic E-state index is 0.207. The molecule has 106 valence electrons. The van der Waals surface area contributed by atoms with Crippen molar-refractivity contribution in [2.75, 3.05) is 25.6 Å². The van der Waals surface area contributed by atoms with Gasteiger partial charge in [0.25, 0.3) is 0 Å². The van der Waals surface area contributed by atoms with E-state index < -0.39 is 6.10 Å². The zero-order valence-corrected chi connectivity index (χ0v) is 11.3. The first-order chi connectivity index (χ1) is 9.25. The molecule has 3 N–H and O–H groups in total. The van der Waals surface area contributed by atoms with Crippen molar-refractivity contribution in [2.45, 2.75) is 31.8 Å². The molecule has 0 radical (unpaired) electrons. The third kappa shape index (κ3) is 4.73. The van der Waals surface area contributed by atoms with Crippen LogP contribution in [0.5, 0.6) is 5.75 Å². The Hall–Kier alpha value is -1.26. The van der Waals surface area contributed by atoms with Crippen LogP contribution >= 0.6 is 0 Å². The summed E-state index contributed by atoms with van der Waals surface area (Å²) < 4.78 is 11.0. The molecule has 1 fully saturated rings. The van der Waals surface area contributed by atoms with Crippen molar-refractivity contribution in [3.05, 3.63) is 24.3 Å². The van der Waals surface area contributed by atoms with Gasteiger partial charge in [0.1, 0.15) is 18.5 Å². The van der Waals surface area contributed by atoms with Gasteiger partial charge < -0.3 is 20.3 Å². The normalized spacial score (nSPS) is 17.5. The summed E-state index contributed by atoms with van der Waals surface area (Å²) in [6.07, 6.45) is 4.53. The van der Waals surface area contributed by atoms with Gasteiger partial charge in [-0.05, 0) is 30.9 Å². The summed E-state index contributed by atoms with van der Waals surface area (Å²) in [7, 11) is 0. The van der Waals surface area contributed by atoms with E-state index in [1.807, 2.05) is 12.1 Å². The second-order valence-corrected chi connectivity index (χ2v) is 5.19. The van der Waals surface area contributed by atoms with Crippen LogP contribution in [0.2, 0.25) is 0 Å². The maximum atomic E-state index is 9.78. The molecule has 1 atom stereocenters. The summed E-state index contributed by atoms with van der Waals surface area (Å²) >= 11 is 0. The second-order valence-electron chi connectivity index (χ2n) is 5.19. The molecule has 1 aliphatic carbocycles. The zero-order valence-electron chi connectivity index (χ0n) is 11.3. The van der Waals surface area contributed by atoms with Gasteiger partial charge in [-0.2, -0.15) is 0 Å². The average molecular weight is 265 g/mol. The highest BCUT2D eigenvalue weighted by molar-refractivity contribution is 5.51. The zero-order chi connectivity index (χ0) is 13.5. The highest BCUT2D eigenvalue weighted by atomic mass is 16.5. The molecule has 1 aromatic carbocycles. The first kappa shape index (κ1) is 14.2. The van der Waals surface area contributed by atoms with Crippen molar-refractivity contribution in [3.63, 3.8) is 0 Å². The fourth-order valence-corrected chi connectivity index (χ4v) is 2.39. The van der Waals surface area contributed by atoms with Gasteiger partial charge in [-0.25, -0.2) is 0 Å². The molecular formula is C15H23NO3. The Labute approximate surface area is 114 Å². The Kier molecular flexibility index (Phi) is 5.48. The van der Waals surface area contributed by atoms with E-state index in [-0.39, 0.29) is 6.61 Å². The van der Waals surface area contributed by atoms with E-state index in [1.165, 1.54) is 25.7 Å². The van der Waals surface area contributed by atoms with Crippen LogP contribution in [-0.4, -0.2) is 31.0 Å². The van der Waals surface area contributed by atoms with Gasteiger partial charge in [-0.3, -0.25) is 0 Å². The van der Waals surface area contributed by atoms with Gasteiger partial charge in [0.2, 0.25) is 0 Å². The van der Waals surface area contributed by atoms with Crippen LogP contribution in [0.15, 0.2) is 24.3 Å². The molecule has 0 amide bonds. The smallest absolute Gasteiger partial charge is 0.142 e. The molecule has 4 heteroatoms. The van der Waals surface area contributed by atoms with Gasteiger partial charge >= 0.3 is 0 Å². The summed E-state index contributed by atoms with van der Waals surface area (Å²) in [5.41, 5.74) is 6.34. The average Bonchev–Trinajstić information content (AvgIpc) is 2.91. The number of hydrogen-bond donors (Lipinski definition) is 2. The number of aliphatic hydroxyl groups is 1.